The number of amides is 2. The van der Waals surface area contributed by atoms with E-state index >= 15 is 0 Å². The van der Waals surface area contributed by atoms with Crippen molar-refractivity contribution in [1.82, 2.24) is 10.6 Å². The average Bonchev–Trinajstić information content (AvgIpc) is 2.59. The number of aliphatic hydroxyl groups is 1. The van der Waals surface area contributed by atoms with E-state index in [1.807, 2.05) is 65.8 Å². The van der Waals surface area contributed by atoms with Crippen LogP contribution < -0.4 is 10.6 Å². The molecular formula is C25H34N2O3. The molecule has 0 fully saturated rings. The minimum absolute atomic E-state index is 0.111. The number of nitrogens with one attached hydrogen (secondary N) is 2. The van der Waals surface area contributed by atoms with Crippen LogP contribution in [0.25, 0.3) is 0 Å². The van der Waals surface area contributed by atoms with Gasteiger partial charge in [-0.25, -0.2) is 0 Å². The van der Waals surface area contributed by atoms with E-state index in [2.05, 4.69) is 22.8 Å². The predicted octanol–water partition coefficient (Wildman–Crippen LogP) is 4.12. The summed E-state index contributed by atoms with van der Waals surface area (Å²) in [5, 5.41) is 16.0. The first-order valence-corrected chi connectivity index (χ1v) is 10.5. The first kappa shape index (κ1) is 23.6. The van der Waals surface area contributed by atoms with Crippen molar-refractivity contribution in [2.45, 2.75) is 72.6 Å². The molecule has 2 amide bonds. The third-order valence-electron chi connectivity index (χ3n) is 5.09. The molecule has 162 valence electrons. The van der Waals surface area contributed by atoms with Crippen LogP contribution in [0, 0.1) is 27.7 Å². The molecule has 5 heteroatoms. The van der Waals surface area contributed by atoms with E-state index in [9.17, 15) is 14.7 Å². The Balaban J connectivity index is 1.84. The van der Waals surface area contributed by atoms with Crippen LogP contribution in [0.1, 0.15) is 72.2 Å². The molecule has 0 aliphatic rings. The molecule has 2 unspecified atom stereocenters. The van der Waals surface area contributed by atoms with E-state index in [1.54, 1.807) is 0 Å². The van der Waals surface area contributed by atoms with Crippen LogP contribution in [-0.2, 0) is 9.59 Å². The van der Waals surface area contributed by atoms with Crippen LogP contribution in [0.3, 0.4) is 0 Å². The van der Waals surface area contributed by atoms with Crippen LogP contribution in [0.15, 0.2) is 36.4 Å². The number of rotatable bonds is 8. The second kappa shape index (κ2) is 10.4. The van der Waals surface area contributed by atoms with Gasteiger partial charge in [0, 0.05) is 0 Å². The molecule has 3 N–H and O–H groups in total. The number of aryl methyl sites for hydroxylation is 4. The lowest BCUT2D eigenvalue weighted by Gasteiger charge is -2.19. The maximum absolute atomic E-state index is 12.3. The number of hydrogen-bond donors (Lipinski definition) is 3. The first-order valence-electron chi connectivity index (χ1n) is 10.5. The second-order valence-electron chi connectivity index (χ2n) is 8.48. The van der Waals surface area contributed by atoms with Gasteiger partial charge in [0.05, 0.1) is 31.0 Å². The van der Waals surface area contributed by atoms with Gasteiger partial charge in [0.15, 0.2) is 0 Å². The Bertz CT molecular complexity index is 793. The van der Waals surface area contributed by atoms with Crippen molar-refractivity contribution in [3.05, 3.63) is 69.8 Å². The molecule has 2 aromatic rings. The van der Waals surface area contributed by atoms with Crippen LogP contribution in [0.2, 0.25) is 0 Å². The fourth-order valence-corrected chi connectivity index (χ4v) is 3.79. The lowest BCUT2D eigenvalue weighted by atomic mass is 10.0. The monoisotopic (exact) mass is 410 g/mol. The average molecular weight is 411 g/mol. The van der Waals surface area contributed by atoms with Crippen molar-refractivity contribution in [3.63, 3.8) is 0 Å². The van der Waals surface area contributed by atoms with E-state index in [0.29, 0.717) is 0 Å². The van der Waals surface area contributed by atoms with Crippen LogP contribution in [0.5, 0.6) is 0 Å². The highest BCUT2D eigenvalue weighted by Gasteiger charge is 2.19. The van der Waals surface area contributed by atoms with Crippen molar-refractivity contribution in [2.75, 3.05) is 0 Å². The summed E-state index contributed by atoms with van der Waals surface area (Å²) in [4.78, 5) is 24.6. The van der Waals surface area contributed by atoms with Crippen molar-refractivity contribution in [1.29, 1.82) is 0 Å². The number of aliphatic hydroxyl groups excluding tert-OH is 1. The molecule has 0 saturated carbocycles. The summed E-state index contributed by atoms with van der Waals surface area (Å²) in [5.74, 6) is -0.548. The Hall–Kier alpha value is -2.66. The Morgan fingerprint density at radius 3 is 1.30 bits per heavy atom. The number of carbonyl (C=O) groups excluding carboxylic acids is 2. The summed E-state index contributed by atoms with van der Waals surface area (Å²) in [5.41, 5.74) is 6.61. The van der Waals surface area contributed by atoms with E-state index in [1.165, 1.54) is 0 Å². The lowest BCUT2D eigenvalue weighted by molar-refractivity contribution is -0.126. The minimum Gasteiger partial charge on any atom is -0.392 e. The molecular weight excluding hydrogens is 376 g/mol. The first-order chi connectivity index (χ1) is 14.0. The number of benzene rings is 2. The SMILES string of the molecule is Cc1cc(C)cc(C(C)NC(=O)CC(O)CC(=O)NC(C)c2cc(C)cc(C)c2)c1. The molecule has 0 heterocycles. The maximum Gasteiger partial charge on any atom is 0.223 e. The largest absolute Gasteiger partial charge is 0.392 e. The predicted molar refractivity (Wildman–Crippen MR) is 120 cm³/mol. The molecule has 0 bridgehead atoms. The van der Waals surface area contributed by atoms with Crippen LogP contribution >= 0.6 is 0 Å². The van der Waals surface area contributed by atoms with Gasteiger partial charge in [-0.05, 0) is 52.7 Å². The van der Waals surface area contributed by atoms with Gasteiger partial charge in [-0.3, -0.25) is 9.59 Å². The maximum atomic E-state index is 12.3. The Kier molecular flexibility index (Phi) is 8.18. The molecule has 0 aromatic heterocycles. The lowest BCUT2D eigenvalue weighted by Crippen LogP contribution is -2.34. The molecule has 2 aromatic carbocycles. The summed E-state index contributed by atoms with van der Waals surface area (Å²) >= 11 is 0. The van der Waals surface area contributed by atoms with Gasteiger partial charge < -0.3 is 15.7 Å². The second-order valence-corrected chi connectivity index (χ2v) is 8.48. The molecule has 0 radical (unpaired) electrons. The topological polar surface area (TPSA) is 78.4 Å². The highest BCUT2D eigenvalue weighted by molar-refractivity contribution is 5.80. The van der Waals surface area contributed by atoms with Crippen LogP contribution in [-0.4, -0.2) is 23.0 Å². The van der Waals surface area contributed by atoms with Crippen molar-refractivity contribution in [2.24, 2.45) is 0 Å². The smallest absolute Gasteiger partial charge is 0.223 e. The molecule has 0 aliphatic carbocycles. The molecule has 30 heavy (non-hydrogen) atoms. The van der Waals surface area contributed by atoms with E-state index in [4.69, 9.17) is 0 Å². The molecule has 2 atom stereocenters. The highest BCUT2D eigenvalue weighted by atomic mass is 16.3. The zero-order valence-electron chi connectivity index (χ0n) is 18.9. The fourth-order valence-electron chi connectivity index (χ4n) is 3.79. The molecule has 0 saturated heterocycles. The van der Waals surface area contributed by atoms with Crippen molar-refractivity contribution < 1.29 is 14.7 Å². The van der Waals surface area contributed by atoms with E-state index in [0.717, 1.165) is 33.4 Å². The quantitative estimate of drug-likeness (QED) is 0.613. The van der Waals surface area contributed by atoms with Gasteiger partial charge in [-0.1, -0.05) is 58.7 Å². The van der Waals surface area contributed by atoms with Crippen molar-refractivity contribution >= 4 is 11.8 Å². The summed E-state index contributed by atoms with van der Waals surface area (Å²) in [7, 11) is 0. The number of carbonyl (C=O) groups is 2. The Labute approximate surface area is 179 Å². The van der Waals surface area contributed by atoms with Crippen LogP contribution in [0.4, 0.5) is 0 Å². The Morgan fingerprint density at radius 1 is 0.700 bits per heavy atom. The van der Waals surface area contributed by atoms with Gasteiger partial charge >= 0.3 is 0 Å². The fraction of sp³-hybridized carbons (Fsp3) is 0.440. The third-order valence-corrected chi connectivity index (χ3v) is 5.09. The van der Waals surface area contributed by atoms with E-state index in [-0.39, 0.29) is 36.7 Å². The standard InChI is InChI=1S/C25H34N2O3/c1-15-7-16(2)10-21(9-15)19(5)26-24(29)13-23(28)14-25(30)27-20(6)22-11-17(3)8-18(4)12-22/h7-12,19-20,23,28H,13-14H2,1-6H3,(H,26,29)(H,27,30). The summed E-state index contributed by atoms with van der Waals surface area (Å²) in [6, 6.07) is 12.0. The molecule has 2 rings (SSSR count). The van der Waals surface area contributed by atoms with Gasteiger partial charge in [-0.15, -0.1) is 0 Å². The van der Waals surface area contributed by atoms with Gasteiger partial charge in [0.2, 0.25) is 11.8 Å². The minimum atomic E-state index is -1.03. The normalized spacial score (nSPS) is 14.0. The molecule has 0 spiro atoms. The van der Waals surface area contributed by atoms with E-state index < -0.39 is 6.10 Å². The van der Waals surface area contributed by atoms with Gasteiger partial charge in [0.1, 0.15) is 0 Å². The third kappa shape index (κ3) is 7.30. The summed E-state index contributed by atoms with van der Waals surface area (Å²) < 4.78 is 0. The Morgan fingerprint density at radius 2 is 1.00 bits per heavy atom. The van der Waals surface area contributed by atoms with Gasteiger partial charge in [0.25, 0.3) is 0 Å². The zero-order chi connectivity index (χ0) is 22.4. The molecule has 5 nitrogen and oxygen atoms in total. The molecule has 0 aliphatic heterocycles. The number of hydrogen-bond acceptors (Lipinski definition) is 3. The van der Waals surface area contributed by atoms with Crippen molar-refractivity contribution in [3.8, 4) is 0 Å². The zero-order valence-corrected chi connectivity index (χ0v) is 18.9. The highest BCUT2D eigenvalue weighted by Crippen LogP contribution is 2.18. The summed E-state index contributed by atoms with van der Waals surface area (Å²) in [6.45, 7) is 11.9. The van der Waals surface area contributed by atoms with Gasteiger partial charge in [-0.2, -0.15) is 0 Å². The summed E-state index contributed by atoms with van der Waals surface area (Å²) in [6.07, 6.45) is -1.25.